The van der Waals surface area contributed by atoms with Crippen LogP contribution in [0.1, 0.15) is 17.5 Å². The topological polar surface area (TPSA) is 228 Å². The van der Waals surface area contributed by atoms with Crippen molar-refractivity contribution in [3.05, 3.63) is 59.7 Å². The molecule has 3 unspecified atom stereocenters. The van der Waals surface area contributed by atoms with Gasteiger partial charge in [-0.2, -0.15) is 0 Å². The first-order valence-corrected chi connectivity index (χ1v) is 11.1. The van der Waals surface area contributed by atoms with Crippen molar-refractivity contribution < 1.29 is 44.4 Å². The standard InChI is InChI=1S/C24H28N4O9/c25-12-20(31)26-17(9-13-1-5-15(29)6-2-13)22(34)27-18(10-14-3-7-16(30)8-4-14)23(35)28-19(24(36)37)11-21(32)33/h1-8,17-19,29-30H,9-12,25H2,(H,26,31)(H,27,34)(H,28,35)(H,32,33)(H,36,37). The fourth-order valence-electron chi connectivity index (χ4n) is 3.33. The Morgan fingerprint density at radius 3 is 1.46 bits per heavy atom. The van der Waals surface area contributed by atoms with Gasteiger partial charge in [0.05, 0.1) is 13.0 Å². The predicted molar refractivity (Wildman–Crippen MR) is 128 cm³/mol. The average molecular weight is 517 g/mol. The summed E-state index contributed by atoms with van der Waals surface area (Å²) in [7, 11) is 0. The fraction of sp³-hybridized carbons (Fsp3) is 0.292. The largest absolute Gasteiger partial charge is 0.508 e. The minimum atomic E-state index is -1.76. The molecule has 198 valence electrons. The number of hydrogen-bond donors (Lipinski definition) is 8. The van der Waals surface area contributed by atoms with E-state index in [4.69, 9.17) is 10.8 Å². The quantitative estimate of drug-likeness (QED) is 0.159. The van der Waals surface area contributed by atoms with Gasteiger partial charge in [0.25, 0.3) is 0 Å². The minimum Gasteiger partial charge on any atom is -0.508 e. The van der Waals surface area contributed by atoms with Crippen molar-refractivity contribution in [1.82, 2.24) is 16.0 Å². The number of carboxylic acids is 2. The summed E-state index contributed by atoms with van der Waals surface area (Å²) >= 11 is 0. The molecular formula is C24H28N4O9. The predicted octanol–water partition coefficient (Wildman–Crippen LogP) is -1.14. The number of aromatic hydroxyl groups is 2. The number of amides is 3. The number of nitrogens with one attached hydrogen (secondary N) is 3. The van der Waals surface area contributed by atoms with Crippen LogP contribution in [0.3, 0.4) is 0 Å². The number of rotatable bonds is 13. The monoisotopic (exact) mass is 516 g/mol. The van der Waals surface area contributed by atoms with E-state index in [1.807, 2.05) is 0 Å². The van der Waals surface area contributed by atoms with Crippen molar-refractivity contribution in [2.45, 2.75) is 37.4 Å². The van der Waals surface area contributed by atoms with Crippen LogP contribution < -0.4 is 21.7 Å². The third-order valence-corrected chi connectivity index (χ3v) is 5.22. The molecule has 0 spiro atoms. The van der Waals surface area contributed by atoms with Crippen LogP contribution in [-0.4, -0.2) is 74.8 Å². The van der Waals surface area contributed by atoms with E-state index < -0.39 is 60.8 Å². The highest BCUT2D eigenvalue weighted by molar-refractivity contribution is 5.94. The van der Waals surface area contributed by atoms with E-state index in [0.29, 0.717) is 11.1 Å². The number of aliphatic carboxylic acids is 2. The molecule has 2 aromatic carbocycles. The van der Waals surface area contributed by atoms with Crippen LogP contribution in [0.15, 0.2) is 48.5 Å². The van der Waals surface area contributed by atoms with E-state index in [1.54, 1.807) is 0 Å². The number of phenols is 2. The van der Waals surface area contributed by atoms with Gasteiger partial charge in [0.1, 0.15) is 29.6 Å². The number of benzene rings is 2. The summed E-state index contributed by atoms with van der Waals surface area (Å²) in [6.07, 6.45) is -1.06. The van der Waals surface area contributed by atoms with Gasteiger partial charge in [-0.05, 0) is 35.4 Å². The van der Waals surface area contributed by atoms with Gasteiger partial charge in [-0.15, -0.1) is 0 Å². The molecule has 0 radical (unpaired) electrons. The second-order valence-electron chi connectivity index (χ2n) is 8.12. The van der Waals surface area contributed by atoms with Crippen LogP contribution in [0.25, 0.3) is 0 Å². The molecule has 2 rings (SSSR count). The highest BCUT2D eigenvalue weighted by Crippen LogP contribution is 2.14. The normalized spacial score (nSPS) is 13.0. The van der Waals surface area contributed by atoms with Gasteiger partial charge in [0.15, 0.2) is 0 Å². The maximum atomic E-state index is 13.2. The maximum Gasteiger partial charge on any atom is 0.326 e. The Morgan fingerprint density at radius 2 is 1.08 bits per heavy atom. The molecule has 3 atom stereocenters. The van der Waals surface area contributed by atoms with E-state index in [-0.39, 0.29) is 24.3 Å². The second kappa shape index (κ2) is 13.4. The zero-order valence-corrected chi connectivity index (χ0v) is 19.6. The molecule has 37 heavy (non-hydrogen) atoms. The first-order chi connectivity index (χ1) is 17.5. The molecule has 9 N–H and O–H groups in total. The Morgan fingerprint density at radius 1 is 0.676 bits per heavy atom. The third kappa shape index (κ3) is 9.49. The van der Waals surface area contributed by atoms with Crippen molar-refractivity contribution in [3.63, 3.8) is 0 Å². The van der Waals surface area contributed by atoms with Crippen LogP contribution in [-0.2, 0) is 36.8 Å². The number of nitrogens with two attached hydrogens (primary N) is 1. The Labute approximate surface area is 211 Å². The molecule has 0 fully saturated rings. The molecule has 0 aromatic heterocycles. The van der Waals surface area contributed by atoms with Crippen LogP contribution in [0, 0.1) is 0 Å². The lowest BCUT2D eigenvalue weighted by Crippen LogP contribution is -2.57. The van der Waals surface area contributed by atoms with Crippen molar-refractivity contribution in [3.8, 4) is 11.5 Å². The number of carbonyl (C=O) groups is 5. The molecular weight excluding hydrogens is 488 g/mol. The Bertz CT molecular complexity index is 1120. The van der Waals surface area contributed by atoms with Gasteiger partial charge >= 0.3 is 11.9 Å². The molecule has 0 bridgehead atoms. The molecule has 13 nitrogen and oxygen atoms in total. The second-order valence-corrected chi connectivity index (χ2v) is 8.12. The summed E-state index contributed by atoms with van der Waals surface area (Å²) in [5.41, 5.74) is 6.42. The van der Waals surface area contributed by atoms with E-state index in [0.717, 1.165) is 0 Å². The van der Waals surface area contributed by atoms with E-state index in [9.17, 15) is 39.3 Å². The number of carboxylic acid groups (broad SMARTS) is 2. The van der Waals surface area contributed by atoms with Crippen molar-refractivity contribution >= 4 is 29.7 Å². The van der Waals surface area contributed by atoms with Gasteiger partial charge in [-0.25, -0.2) is 4.79 Å². The Kier molecular flexibility index (Phi) is 10.4. The molecule has 2 aromatic rings. The van der Waals surface area contributed by atoms with Crippen molar-refractivity contribution in [2.75, 3.05) is 6.54 Å². The highest BCUT2D eigenvalue weighted by Gasteiger charge is 2.30. The van der Waals surface area contributed by atoms with E-state index in [2.05, 4.69) is 16.0 Å². The summed E-state index contributed by atoms with van der Waals surface area (Å²) in [4.78, 5) is 60.5. The van der Waals surface area contributed by atoms with Crippen molar-refractivity contribution in [2.24, 2.45) is 5.73 Å². The maximum absolute atomic E-state index is 13.2. The summed E-state index contributed by atoms with van der Waals surface area (Å²) < 4.78 is 0. The van der Waals surface area contributed by atoms with Gasteiger partial charge in [0.2, 0.25) is 17.7 Å². The van der Waals surface area contributed by atoms with Gasteiger partial charge in [0, 0.05) is 12.8 Å². The summed E-state index contributed by atoms with van der Waals surface area (Å²) in [6.45, 7) is -0.410. The van der Waals surface area contributed by atoms with E-state index in [1.165, 1.54) is 48.5 Å². The fourth-order valence-corrected chi connectivity index (χ4v) is 3.33. The Balaban J connectivity index is 2.30. The molecule has 0 saturated heterocycles. The van der Waals surface area contributed by atoms with Crippen LogP contribution in [0.4, 0.5) is 0 Å². The molecule has 0 aliphatic carbocycles. The van der Waals surface area contributed by atoms with Gasteiger partial charge in [-0.1, -0.05) is 24.3 Å². The first-order valence-electron chi connectivity index (χ1n) is 11.1. The first kappa shape index (κ1) is 28.6. The van der Waals surface area contributed by atoms with E-state index >= 15 is 0 Å². The molecule has 0 heterocycles. The summed E-state index contributed by atoms with van der Waals surface area (Å²) in [5, 5.41) is 44.3. The number of carbonyl (C=O) groups excluding carboxylic acids is 3. The minimum absolute atomic E-state index is 0.00396. The van der Waals surface area contributed by atoms with Crippen LogP contribution in [0.5, 0.6) is 11.5 Å². The lowest BCUT2D eigenvalue weighted by molar-refractivity contribution is -0.147. The molecule has 0 aliphatic rings. The summed E-state index contributed by atoms with van der Waals surface area (Å²) in [6, 6.07) is 7.22. The lowest BCUT2D eigenvalue weighted by Gasteiger charge is -2.24. The Hall–Kier alpha value is -4.65. The number of hydrogen-bond acceptors (Lipinski definition) is 8. The molecule has 0 saturated carbocycles. The molecule has 3 amide bonds. The highest BCUT2D eigenvalue weighted by atomic mass is 16.4. The van der Waals surface area contributed by atoms with Gasteiger partial charge < -0.3 is 42.1 Å². The number of phenolic OH excluding ortho intramolecular Hbond substituents is 2. The SMILES string of the molecule is NCC(=O)NC(Cc1ccc(O)cc1)C(=O)NC(Cc1ccc(O)cc1)C(=O)NC(CC(=O)O)C(=O)O. The van der Waals surface area contributed by atoms with Crippen LogP contribution in [0.2, 0.25) is 0 Å². The third-order valence-electron chi connectivity index (χ3n) is 5.22. The zero-order valence-electron chi connectivity index (χ0n) is 19.6. The van der Waals surface area contributed by atoms with Crippen LogP contribution >= 0.6 is 0 Å². The molecule has 13 heteroatoms. The molecule has 0 aliphatic heterocycles. The smallest absolute Gasteiger partial charge is 0.326 e. The van der Waals surface area contributed by atoms with Crippen molar-refractivity contribution in [1.29, 1.82) is 0 Å². The summed E-state index contributed by atoms with van der Waals surface area (Å²) in [5.74, 6) is -5.49. The zero-order chi connectivity index (χ0) is 27.5. The average Bonchev–Trinajstić information content (AvgIpc) is 2.84. The van der Waals surface area contributed by atoms with Gasteiger partial charge in [-0.3, -0.25) is 19.2 Å². The lowest BCUT2D eigenvalue weighted by atomic mass is 10.0.